The van der Waals surface area contributed by atoms with Crippen LogP contribution >= 0.6 is 0 Å². The molecule has 4 aromatic rings. The number of aromatic nitrogens is 3. The lowest BCUT2D eigenvalue weighted by atomic mass is 9.93. The minimum Gasteiger partial charge on any atom is -0.296 e. The third-order valence-corrected chi connectivity index (χ3v) is 6.83. The smallest absolute Gasteiger partial charge is 0.213 e. The SMILES string of the molecule is [2H]C([2H])(c1cc[n+](C)c(-c2c(C)ccc3c2Cc2nc4ccccc4n2-3)c1)C1CCCC1. The molecule has 0 unspecified atom stereocenters. The lowest BCUT2D eigenvalue weighted by molar-refractivity contribution is -0.660. The number of pyridine rings is 1. The van der Waals surface area contributed by atoms with Crippen molar-refractivity contribution < 1.29 is 7.31 Å². The molecule has 0 radical (unpaired) electrons. The molecule has 2 aromatic heterocycles. The molecule has 0 saturated heterocycles. The van der Waals surface area contributed by atoms with Crippen molar-refractivity contribution in [1.29, 1.82) is 0 Å². The molecule has 1 saturated carbocycles. The molecule has 6 rings (SSSR count). The minimum atomic E-state index is -1.30. The molecule has 30 heavy (non-hydrogen) atoms. The van der Waals surface area contributed by atoms with E-state index in [9.17, 15) is 0 Å². The van der Waals surface area contributed by atoms with E-state index < -0.39 is 6.37 Å². The second kappa shape index (κ2) is 6.80. The Kier molecular flexibility index (Phi) is 3.59. The van der Waals surface area contributed by atoms with Gasteiger partial charge in [-0.2, -0.15) is 0 Å². The molecule has 0 atom stereocenters. The molecule has 0 bridgehead atoms. The van der Waals surface area contributed by atoms with Crippen LogP contribution in [0.15, 0.2) is 54.7 Å². The molecule has 3 nitrogen and oxygen atoms in total. The van der Waals surface area contributed by atoms with Gasteiger partial charge in [-0.3, -0.25) is 4.57 Å². The number of benzene rings is 2. The van der Waals surface area contributed by atoms with Gasteiger partial charge in [-0.15, -0.1) is 0 Å². The van der Waals surface area contributed by atoms with E-state index in [4.69, 9.17) is 7.73 Å². The Morgan fingerprint density at radius 3 is 2.83 bits per heavy atom. The summed E-state index contributed by atoms with van der Waals surface area (Å²) in [7, 11) is 2.06. The number of hydrogen-bond donors (Lipinski definition) is 0. The highest BCUT2D eigenvalue weighted by Crippen LogP contribution is 2.39. The predicted molar refractivity (Wildman–Crippen MR) is 121 cm³/mol. The van der Waals surface area contributed by atoms with Crippen molar-refractivity contribution >= 4 is 11.0 Å². The maximum Gasteiger partial charge on any atom is 0.213 e. The number of hydrogen-bond acceptors (Lipinski definition) is 1. The number of rotatable bonds is 3. The average molecular weight is 397 g/mol. The van der Waals surface area contributed by atoms with Gasteiger partial charge >= 0.3 is 0 Å². The molecule has 0 spiro atoms. The predicted octanol–water partition coefficient (Wildman–Crippen LogP) is 5.46. The lowest BCUT2D eigenvalue weighted by Gasteiger charge is -2.13. The summed E-state index contributed by atoms with van der Waals surface area (Å²) < 4.78 is 22.3. The molecule has 0 amide bonds. The first-order chi connectivity index (χ1) is 15.4. The number of aryl methyl sites for hydroxylation is 2. The zero-order valence-corrected chi connectivity index (χ0v) is 17.7. The summed E-state index contributed by atoms with van der Waals surface area (Å²) >= 11 is 0. The Balaban J connectivity index is 1.52. The van der Waals surface area contributed by atoms with Crippen LogP contribution in [-0.4, -0.2) is 9.55 Å². The highest BCUT2D eigenvalue weighted by atomic mass is 15.1. The van der Waals surface area contributed by atoms with Crippen molar-refractivity contribution in [3.63, 3.8) is 0 Å². The summed E-state index contributed by atoms with van der Waals surface area (Å²) in [5.41, 5.74) is 8.96. The quantitative estimate of drug-likeness (QED) is 0.371. The second-order valence-corrected chi connectivity index (χ2v) is 8.82. The van der Waals surface area contributed by atoms with E-state index in [0.29, 0.717) is 0 Å². The molecule has 3 heterocycles. The molecule has 2 aliphatic rings. The van der Waals surface area contributed by atoms with Gasteiger partial charge in [0.05, 0.1) is 22.3 Å². The Bertz CT molecular complexity index is 1360. The van der Waals surface area contributed by atoms with E-state index in [2.05, 4.69) is 59.5 Å². The number of imidazole rings is 1. The molecule has 2 aromatic carbocycles. The highest BCUT2D eigenvalue weighted by Gasteiger charge is 2.29. The lowest BCUT2D eigenvalue weighted by Crippen LogP contribution is -2.31. The van der Waals surface area contributed by atoms with Crippen LogP contribution in [-0.2, 0) is 19.8 Å². The fraction of sp³-hybridized carbons (Fsp3) is 0.333. The van der Waals surface area contributed by atoms with Crippen LogP contribution in [0.3, 0.4) is 0 Å². The van der Waals surface area contributed by atoms with Gasteiger partial charge in [0.1, 0.15) is 12.9 Å². The van der Waals surface area contributed by atoms with Gasteiger partial charge < -0.3 is 0 Å². The van der Waals surface area contributed by atoms with Crippen molar-refractivity contribution in [3.05, 3.63) is 77.2 Å². The zero-order valence-electron chi connectivity index (χ0n) is 19.7. The minimum absolute atomic E-state index is 0.113. The molecule has 1 aliphatic heterocycles. The molecular formula is C27H28N3+. The Morgan fingerprint density at radius 2 is 1.97 bits per heavy atom. The number of nitrogens with zero attached hydrogens (tertiary/aromatic N) is 3. The van der Waals surface area contributed by atoms with E-state index in [-0.39, 0.29) is 5.92 Å². The van der Waals surface area contributed by atoms with Crippen molar-refractivity contribution in [1.82, 2.24) is 9.55 Å². The fourth-order valence-electron chi connectivity index (χ4n) is 5.33. The van der Waals surface area contributed by atoms with E-state index >= 15 is 0 Å². The molecule has 1 fully saturated rings. The molecule has 150 valence electrons. The van der Waals surface area contributed by atoms with Crippen molar-refractivity contribution in [3.8, 4) is 16.9 Å². The monoisotopic (exact) mass is 396 g/mol. The van der Waals surface area contributed by atoms with E-state index in [1.165, 1.54) is 22.4 Å². The van der Waals surface area contributed by atoms with Crippen molar-refractivity contribution in [2.45, 2.75) is 45.4 Å². The Hall–Kier alpha value is -2.94. The Labute approximate surface area is 180 Å². The van der Waals surface area contributed by atoms with Gasteiger partial charge in [0.2, 0.25) is 5.69 Å². The third kappa shape index (κ3) is 2.72. The molecular weight excluding hydrogens is 366 g/mol. The van der Waals surface area contributed by atoms with Crippen LogP contribution in [0.1, 0.15) is 50.9 Å². The Morgan fingerprint density at radius 1 is 1.13 bits per heavy atom. The first-order valence-corrected chi connectivity index (χ1v) is 11.0. The fourth-order valence-corrected chi connectivity index (χ4v) is 5.33. The van der Waals surface area contributed by atoms with Gasteiger partial charge in [-0.1, -0.05) is 43.9 Å². The summed E-state index contributed by atoms with van der Waals surface area (Å²) in [5.74, 6) is 1.19. The molecule has 0 N–H and O–H groups in total. The number of fused-ring (bicyclic) bond motifs is 5. The normalized spacial score (nSPS) is 17.1. The van der Waals surface area contributed by atoms with Crippen LogP contribution in [0.5, 0.6) is 0 Å². The molecule has 3 heteroatoms. The summed E-state index contributed by atoms with van der Waals surface area (Å²) in [6.45, 7) is 2.16. The summed E-state index contributed by atoms with van der Waals surface area (Å²) in [6, 6.07) is 16.8. The standard InChI is InChI=1S/C27H28N3/c1-18-11-12-23-21(17-26-28-22-9-5-6-10-24(22)30(23)26)27(18)25-16-20(13-14-29(25)2)15-19-7-3-4-8-19/h5-6,9-14,16,19H,3-4,7-8,15,17H2,1-2H3/q+1/i15D2. The van der Waals surface area contributed by atoms with Crippen molar-refractivity contribution in [2.24, 2.45) is 13.0 Å². The van der Waals surface area contributed by atoms with Crippen LogP contribution in [0.4, 0.5) is 0 Å². The summed E-state index contributed by atoms with van der Waals surface area (Å²) in [6.07, 6.45) is 5.77. The number of para-hydroxylation sites is 2. The summed E-state index contributed by atoms with van der Waals surface area (Å²) in [5, 5.41) is 0. The third-order valence-electron chi connectivity index (χ3n) is 6.83. The van der Waals surface area contributed by atoms with Gasteiger partial charge in [0.25, 0.3) is 0 Å². The largest absolute Gasteiger partial charge is 0.296 e. The summed E-state index contributed by atoms with van der Waals surface area (Å²) in [4.78, 5) is 4.90. The average Bonchev–Trinajstić information content (AvgIpc) is 3.50. The van der Waals surface area contributed by atoms with E-state index in [0.717, 1.165) is 60.2 Å². The van der Waals surface area contributed by atoms with E-state index in [1.807, 2.05) is 18.3 Å². The second-order valence-electron chi connectivity index (χ2n) is 8.82. The van der Waals surface area contributed by atoms with Crippen LogP contribution < -0.4 is 4.57 Å². The van der Waals surface area contributed by atoms with Crippen LogP contribution in [0.2, 0.25) is 0 Å². The van der Waals surface area contributed by atoms with Crippen molar-refractivity contribution in [2.75, 3.05) is 0 Å². The topological polar surface area (TPSA) is 21.7 Å². The van der Waals surface area contributed by atoms with Gasteiger partial charge in [0.15, 0.2) is 6.20 Å². The van der Waals surface area contributed by atoms with Gasteiger partial charge in [-0.25, -0.2) is 9.55 Å². The van der Waals surface area contributed by atoms with Gasteiger partial charge in [-0.05, 0) is 54.1 Å². The first kappa shape index (κ1) is 15.8. The molecule has 1 aliphatic carbocycles. The highest BCUT2D eigenvalue weighted by molar-refractivity contribution is 5.83. The first-order valence-electron chi connectivity index (χ1n) is 12.0. The van der Waals surface area contributed by atoms with E-state index in [1.54, 1.807) is 0 Å². The maximum absolute atomic E-state index is 8.92. The van der Waals surface area contributed by atoms with Gasteiger partial charge in [0, 0.05) is 21.3 Å². The maximum atomic E-state index is 8.92. The zero-order chi connectivity index (χ0) is 22.0. The van der Waals surface area contributed by atoms with Crippen LogP contribution in [0, 0.1) is 12.8 Å². The van der Waals surface area contributed by atoms with Crippen LogP contribution in [0.25, 0.3) is 28.0 Å².